The van der Waals surface area contributed by atoms with E-state index in [1.165, 1.54) is 12.1 Å². The van der Waals surface area contributed by atoms with E-state index in [9.17, 15) is 9.18 Å². The fraction of sp³-hybridized carbons (Fsp3) is 0.682. The van der Waals surface area contributed by atoms with Crippen molar-refractivity contribution in [3.8, 4) is 0 Å². The molecule has 152 valence electrons. The fourth-order valence-electron chi connectivity index (χ4n) is 4.13. The average molecular weight is 378 g/mol. The van der Waals surface area contributed by atoms with Crippen LogP contribution in [0.15, 0.2) is 24.3 Å². The van der Waals surface area contributed by atoms with Crippen LogP contribution >= 0.6 is 0 Å². The first-order valence-electron chi connectivity index (χ1n) is 10.3. The fourth-order valence-corrected chi connectivity index (χ4v) is 4.13. The van der Waals surface area contributed by atoms with Crippen LogP contribution in [-0.2, 0) is 4.79 Å². The Morgan fingerprint density at radius 3 is 2.30 bits per heavy atom. The maximum Gasteiger partial charge on any atom is 0.223 e. The van der Waals surface area contributed by atoms with Crippen molar-refractivity contribution >= 4 is 5.91 Å². The van der Waals surface area contributed by atoms with Crippen LogP contribution in [0.1, 0.15) is 51.5 Å². The molecule has 3 atom stereocenters. The van der Waals surface area contributed by atoms with Gasteiger partial charge in [0.2, 0.25) is 5.91 Å². The summed E-state index contributed by atoms with van der Waals surface area (Å²) in [6.07, 6.45) is 2.47. The molecule has 0 bridgehead atoms. The number of benzene rings is 1. The highest BCUT2D eigenvalue weighted by Crippen LogP contribution is 2.27. The van der Waals surface area contributed by atoms with E-state index in [0.29, 0.717) is 18.5 Å². The first-order chi connectivity index (χ1) is 12.8. The van der Waals surface area contributed by atoms with E-state index in [-0.39, 0.29) is 17.6 Å². The van der Waals surface area contributed by atoms with E-state index < -0.39 is 0 Å². The number of hydrogen-bond acceptors (Lipinski definition) is 3. The molecule has 1 aromatic carbocycles. The highest BCUT2D eigenvalue weighted by molar-refractivity contribution is 5.77. The van der Waals surface area contributed by atoms with Crippen molar-refractivity contribution < 1.29 is 9.18 Å². The topological polar surface area (TPSA) is 26.8 Å². The lowest BCUT2D eigenvalue weighted by Gasteiger charge is -2.45. The molecule has 0 saturated carbocycles. The molecule has 0 radical (unpaired) electrons. The Bertz CT molecular complexity index is 578. The summed E-state index contributed by atoms with van der Waals surface area (Å²) in [6, 6.07) is 7.38. The minimum absolute atomic E-state index is 0.167. The largest absolute Gasteiger partial charge is 0.340 e. The normalized spacial score (nSPS) is 22.3. The monoisotopic (exact) mass is 377 g/mol. The van der Waals surface area contributed by atoms with E-state index in [0.717, 1.165) is 44.6 Å². The van der Waals surface area contributed by atoms with E-state index in [1.54, 1.807) is 0 Å². The van der Waals surface area contributed by atoms with Crippen LogP contribution in [0.3, 0.4) is 0 Å². The van der Waals surface area contributed by atoms with Crippen molar-refractivity contribution in [2.75, 3.05) is 40.3 Å². The molecular weight excluding hydrogens is 341 g/mol. The van der Waals surface area contributed by atoms with Gasteiger partial charge in [-0.05, 0) is 58.0 Å². The minimum atomic E-state index is -0.225. The molecule has 0 spiro atoms. The first kappa shape index (κ1) is 21.8. The number of amides is 1. The number of piperazine rings is 1. The molecule has 1 aromatic rings. The molecule has 3 unspecified atom stereocenters. The Hall–Kier alpha value is -1.46. The summed E-state index contributed by atoms with van der Waals surface area (Å²) in [5, 5.41) is 0. The summed E-state index contributed by atoms with van der Waals surface area (Å²) in [5.41, 5.74) is 1.07. The van der Waals surface area contributed by atoms with Gasteiger partial charge in [-0.3, -0.25) is 9.69 Å². The Balaban J connectivity index is 1.98. The second-order valence-electron chi connectivity index (χ2n) is 8.28. The number of carbonyl (C=O) groups excluding carboxylic acids is 1. The number of carbonyl (C=O) groups is 1. The van der Waals surface area contributed by atoms with Crippen LogP contribution < -0.4 is 0 Å². The Morgan fingerprint density at radius 2 is 1.78 bits per heavy atom. The molecule has 0 aliphatic carbocycles. The summed E-state index contributed by atoms with van der Waals surface area (Å²) < 4.78 is 13.2. The van der Waals surface area contributed by atoms with Gasteiger partial charge in [0.25, 0.3) is 0 Å². The van der Waals surface area contributed by atoms with Crippen LogP contribution in [0.2, 0.25) is 0 Å². The van der Waals surface area contributed by atoms with Crippen LogP contribution in [-0.4, -0.2) is 73.0 Å². The molecule has 1 aliphatic heterocycles. The molecule has 4 nitrogen and oxygen atoms in total. The predicted molar refractivity (Wildman–Crippen MR) is 109 cm³/mol. The molecule has 1 saturated heterocycles. The molecule has 0 aromatic heterocycles. The number of hydrogen-bond donors (Lipinski definition) is 0. The summed E-state index contributed by atoms with van der Waals surface area (Å²) in [6.45, 7) is 10.2. The first-order valence-corrected chi connectivity index (χ1v) is 10.3. The van der Waals surface area contributed by atoms with Gasteiger partial charge in [0.05, 0.1) is 0 Å². The van der Waals surface area contributed by atoms with Crippen molar-refractivity contribution in [3.05, 3.63) is 35.6 Å². The molecular formula is C22H36FN3O. The summed E-state index contributed by atoms with van der Waals surface area (Å²) in [4.78, 5) is 19.8. The Morgan fingerprint density at radius 1 is 1.19 bits per heavy atom. The standard InChI is InChI=1S/C22H36FN3O/c1-6-7-20(19-8-10-21(23)11-9-19)14-22(27)25-15-17(2)26(18(3)16-25)13-12-24(4)5/h8-11,17-18,20H,6-7,12-16H2,1-5H3. The van der Waals surface area contributed by atoms with Crippen molar-refractivity contribution in [1.29, 1.82) is 0 Å². The van der Waals surface area contributed by atoms with Crippen molar-refractivity contribution in [2.24, 2.45) is 0 Å². The second kappa shape index (κ2) is 10.2. The van der Waals surface area contributed by atoms with E-state index in [1.807, 2.05) is 17.0 Å². The van der Waals surface area contributed by atoms with Gasteiger partial charge < -0.3 is 9.80 Å². The van der Waals surface area contributed by atoms with E-state index in [2.05, 4.69) is 44.7 Å². The summed E-state index contributed by atoms with van der Waals surface area (Å²) >= 11 is 0. The van der Waals surface area contributed by atoms with Gasteiger partial charge in [0, 0.05) is 44.7 Å². The van der Waals surface area contributed by atoms with Gasteiger partial charge in [0.15, 0.2) is 0 Å². The lowest BCUT2D eigenvalue weighted by Crippen LogP contribution is -2.59. The maximum atomic E-state index is 13.2. The third-order valence-corrected chi connectivity index (χ3v) is 5.66. The van der Waals surface area contributed by atoms with Gasteiger partial charge in [-0.15, -0.1) is 0 Å². The van der Waals surface area contributed by atoms with Crippen molar-refractivity contribution in [1.82, 2.24) is 14.7 Å². The van der Waals surface area contributed by atoms with Crippen LogP contribution in [0.5, 0.6) is 0 Å². The smallest absolute Gasteiger partial charge is 0.223 e. The zero-order valence-electron chi connectivity index (χ0n) is 17.6. The Labute approximate surface area is 164 Å². The van der Waals surface area contributed by atoms with Gasteiger partial charge in [-0.1, -0.05) is 25.5 Å². The molecule has 1 aliphatic rings. The molecule has 0 N–H and O–H groups in total. The van der Waals surface area contributed by atoms with Gasteiger partial charge in [-0.25, -0.2) is 4.39 Å². The third-order valence-electron chi connectivity index (χ3n) is 5.66. The lowest BCUT2D eigenvalue weighted by atomic mass is 9.90. The zero-order chi connectivity index (χ0) is 20.0. The third kappa shape index (κ3) is 6.28. The quantitative estimate of drug-likeness (QED) is 0.693. The summed E-state index contributed by atoms with van der Waals surface area (Å²) in [7, 11) is 4.19. The molecule has 27 heavy (non-hydrogen) atoms. The van der Waals surface area contributed by atoms with Gasteiger partial charge in [0.1, 0.15) is 5.82 Å². The highest BCUT2D eigenvalue weighted by atomic mass is 19.1. The van der Waals surface area contributed by atoms with Gasteiger partial charge >= 0.3 is 0 Å². The molecule has 1 heterocycles. The van der Waals surface area contributed by atoms with Crippen molar-refractivity contribution in [2.45, 2.75) is 58.0 Å². The molecule has 1 fully saturated rings. The van der Waals surface area contributed by atoms with Gasteiger partial charge in [-0.2, -0.15) is 0 Å². The SMILES string of the molecule is CCCC(CC(=O)N1CC(C)N(CCN(C)C)C(C)C1)c1ccc(F)cc1. The number of halogens is 1. The maximum absolute atomic E-state index is 13.2. The highest BCUT2D eigenvalue weighted by Gasteiger charge is 2.32. The van der Waals surface area contributed by atoms with Crippen LogP contribution in [0.4, 0.5) is 4.39 Å². The number of rotatable bonds is 8. The lowest BCUT2D eigenvalue weighted by molar-refractivity contribution is -0.136. The van der Waals surface area contributed by atoms with Crippen LogP contribution in [0.25, 0.3) is 0 Å². The molecule has 2 rings (SSSR count). The predicted octanol–water partition coefficient (Wildman–Crippen LogP) is 3.58. The molecule has 1 amide bonds. The molecule has 5 heteroatoms. The van der Waals surface area contributed by atoms with Crippen molar-refractivity contribution in [3.63, 3.8) is 0 Å². The number of nitrogens with zero attached hydrogens (tertiary/aromatic N) is 3. The van der Waals surface area contributed by atoms with Crippen LogP contribution in [0, 0.1) is 5.82 Å². The average Bonchev–Trinajstić information content (AvgIpc) is 2.61. The zero-order valence-corrected chi connectivity index (χ0v) is 17.6. The van der Waals surface area contributed by atoms with E-state index in [4.69, 9.17) is 0 Å². The van der Waals surface area contributed by atoms with E-state index >= 15 is 0 Å². The summed E-state index contributed by atoms with van der Waals surface area (Å²) in [5.74, 6) is 0.168. The number of likely N-dealkylation sites (N-methyl/N-ethyl adjacent to an activating group) is 1. The Kier molecular flexibility index (Phi) is 8.24. The second-order valence-corrected chi connectivity index (χ2v) is 8.28. The minimum Gasteiger partial charge on any atom is -0.340 e.